The number of nitrogens with one attached hydrogen (secondary N) is 1. The summed E-state index contributed by atoms with van der Waals surface area (Å²) in [5.41, 5.74) is -0.176. The summed E-state index contributed by atoms with van der Waals surface area (Å²) < 4.78 is 0. The second-order valence-corrected chi connectivity index (χ2v) is 5.69. The number of likely N-dealkylation sites (tertiary alicyclic amines) is 1. The highest BCUT2D eigenvalue weighted by Gasteiger charge is 2.37. The molecule has 0 aromatic heterocycles. The van der Waals surface area contributed by atoms with Gasteiger partial charge in [-0.25, -0.2) is 0 Å². The number of rotatable bonds is 5. The van der Waals surface area contributed by atoms with Crippen LogP contribution in [0.5, 0.6) is 0 Å². The second kappa shape index (κ2) is 5.63. The number of carbonyl (C=O) groups excluding carboxylic acids is 2. The van der Waals surface area contributed by atoms with Gasteiger partial charge in [0.05, 0.1) is 0 Å². The zero-order valence-corrected chi connectivity index (χ0v) is 11.4. The first-order valence-corrected chi connectivity index (χ1v) is 6.40. The van der Waals surface area contributed by atoms with Crippen LogP contribution < -0.4 is 5.32 Å². The van der Waals surface area contributed by atoms with Crippen LogP contribution in [0.1, 0.15) is 46.5 Å². The fraction of sp³-hybridized carbons (Fsp3) is 0.846. The Hall–Kier alpha value is -0.900. The van der Waals surface area contributed by atoms with Gasteiger partial charge in [-0.3, -0.25) is 14.5 Å². The molecule has 0 spiro atoms. The molecule has 17 heavy (non-hydrogen) atoms. The minimum Gasteiger partial charge on any atom is -0.315 e. The average Bonchev–Trinajstić information content (AvgIpc) is 2.20. The quantitative estimate of drug-likeness (QED) is 0.742. The fourth-order valence-corrected chi connectivity index (χ4v) is 2.31. The fourth-order valence-electron chi connectivity index (χ4n) is 2.31. The number of piperidine rings is 1. The van der Waals surface area contributed by atoms with E-state index in [9.17, 15) is 9.59 Å². The number of imide groups is 1. The van der Waals surface area contributed by atoms with Gasteiger partial charge in [-0.2, -0.15) is 0 Å². The predicted molar refractivity (Wildman–Crippen MR) is 67.5 cm³/mol. The van der Waals surface area contributed by atoms with E-state index in [1.165, 1.54) is 4.90 Å². The number of nitrogens with zero attached hydrogens (tertiary/aromatic N) is 1. The summed E-state index contributed by atoms with van der Waals surface area (Å²) in [6, 6.07) is 0.217. The molecular weight excluding hydrogens is 216 g/mol. The van der Waals surface area contributed by atoms with Crippen LogP contribution >= 0.6 is 0 Å². The molecule has 1 saturated heterocycles. The molecule has 0 bridgehead atoms. The first-order valence-electron chi connectivity index (χ1n) is 6.40. The molecule has 2 amide bonds. The Labute approximate surface area is 104 Å². The van der Waals surface area contributed by atoms with Crippen molar-refractivity contribution in [2.45, 2.75) is 52.5 Å². The molecule has 1 aliphatic heterocycles. The van der Waals surface area contributed by atoms with Crippen LogP contribution in [0.2, 0.25) is 0 Å². The molecular formula is C13H24N2O2. The largest absolute Gasteiger partial charge is 0.315 e. The maximum Gasteiger partial charge on any atom is 0.229 e. The number of hydrogen-bond acceptors (Lipinski definition) is 3. The van der Waals surface area contributed by atoms with E-state index < -0.39 is 0 Å². The molecule has 1 fully saturated rings. The highest BCUT2D eigenvalue weighted by molar-refractivity contribution is 5.98. The lowest BCUT2D eigenvalue weighted by Crippen LogP contribution is -2.51. The van der Waals surface area contributed by atoms with E-state index in [-0.39, 0.29) is 23.3 Å². The minimum absolute atomic E-state index is 0.0254. The normalized spacial score (nSPS) is 21.8. The van der Waals surface area contributed by atoms with E-state index in [1.807, 2.05) is 20.9 Å². The van der Waals surface area contributed by atoms with Gasteiger partial charge in [-0.1, -0.05) is 27.2 Å². The van der Waals surface area contributed by atoms with Gasteiger partial charge in [-0.05, 0) is 18.9 Å². The summed E-state index contributed by atoms with van der Waals surface area (Å²) in [7, 11) is 1.88. The van der Waals surface area contributed by atoms with Gasteiger partial charge in [0.1, 0.15) is 0 Å². The lowest BCUT2D eigenvalue weighted by atomic mass is 9.81. The summed E-state index contributed by atoms with van der Waals surface area (Å²) in [6.45, 7) is 6.56. The molecule has 0 aromatic carbocycles. The van der Waals surface area contributed by atoms with E-state index in [2.05, 4.69) is 12.2 Å². The Balaban J connectivity index is 2.65. The van der Waals surface area contributed by atoms with E-state index in [4.69, 9.17) is 0 Å². The van der Waals surface area contributed by atoms with Gasteiger partial charge < -0.3 is 5.32 Å². The molecule has 0 aromatic rings. The number of carbonyl (C=O) groups is 2. The van der Waals surface area contributed by atoms with Crippen LogP contribution in [-0.4, -0.2) is 36.3 Å². The van der Waals surface area contributed by atoms with Gasteiger partial charge in [-0.15, -0.1) is 0 Å². The SMILES string of the molecule is CCCC(CN1C(=O)CC(C)(C)CC1=O)NC. The molecule has 1 N–H and O–H groups in total. The number of hydrogen-bond donors (Lipinski definition) is 1. The summed E-state index contributed by atoms with van der Waals surface area (Å²) >= 11 is 0. The van der Waals surface area contributed by atoms with Crippen LogP contribution in [0.25, 0.3) is 0 Å². The summed E-state index contributed by atoms with van der Waals surface area (Å²) in [5.74, 6) is -0.0507. The molecule has 98 valence electrons. The Kier molecular flexibility index (Phi) is 4.69. The standard InChI is InChI=1S/C13H24N2O2/c1-5-6-10(14-4)9-15-11(16)7-13(2,3)8-12(15)17/h10,14H,5-9H2,1-4H3. The minimum atomic E-state index is -0.176. The van der Waals surface area contributed by atoms with E-state index in [0.29, 0.717) is 19.4 Å². The maximum atomic E-state index is 12.0. The molecule has 1 aliphatic rings. The number of likely N-dealkylation sites (N-methyl/N-ethyl adjacent to an activating group) is 1. The molecule has 1 heterocycles. The smallest absolute Gasteiger partial charge is 0.229 e. The first-order chi connectivity index (χ1) is 7.89. The van der Waals surface area contributed by atoms with Crippen molar-refractivity contribution < 1.29 is 9.59 Å². The number of amides is 2. The van der Waals surface area contributed by atoms with Gasteiger partial charge in [0.2, 0.25) is 11.8 Å². The first kappa shape index (κ1) is 14.2. The monoisotopic (exact) mass is 240 g/mol. The highest BCUT2D eigenvalue weighted by Crippen LogP contribution is 2.31. The molecule has 1 unspecified atom stereocenters. The van der Waals surface area contributed by atoms with Crippen molar-refractivity contribution in [2.24, 2.45) is 5.41 Å². The third kappa shape index (κ3) is 3.80. The molecule has 4 nitrogen and oxygen atoms in total. The Bertz CT molecular complexity index is 280. The molecule has 1 rings (SSSR count). The van der Waals surface area contributed by atoms with Crippen LogP contribution in [0, 0.1) is 5.41 Å². The van der Waals surface area contributed by atoms with Crippen LogP contribution in [0.15, 0.2) is 0 Å². The lowest BCUT2D eigenvalue weighted by molar-refractivity contribution is -0.152. The third-order valence-electron chi connectivity index (χ3n) is 3.31. The highest BCUT2D eigenvalue weighted by atomic mass is 16.2. The van der Waals surface area contributed by atoms with E-state index in [1.54, 1.807) is 0 Å². The topological polar surface area (TPSA) is 49.4 Å². The van der Waals surface area contributed by atoms with Crippen molar-refractivity contribution in [3.63, 3.8) is 0 Å². The van der Waals surface area contributed by atoms with E-state index in [0.717, 1.165) is 12.8 Å². The molecule has 4 heteroatoms. The Morgan fingerprint density at radius 2 is 1.82 bits per heavy atom. The van der Waals surface area contributed by atoms with Crippen molar-refractivity contribution in [1.29, 1.82) is 0 Å². The Morgan fingerprint density at radius 1 is 1.29 bits per heavy atom. The van der Waals surface area contributed by atoms with Gasteiger partial charge in [0.15, 0.2) is 0 Å². The maximum absolute atomic E-state index is 12.0. The van der Waals surface area contributed by atoms with Crippen LogP contribution in [0.4, 0.5) is 0 Å². The predicted octanol–water partition coefficient (Wildman–Crippen LogP) is 1.55. The van der Waals surface area contributed by atoms with Crippen molar-refractivity contribution >= 4 is 11.8 Å². The lowest BCUT2D eigenvalue weighted by Gasteiger charge is -2.36. The summed E-state index contributed by atoms with van der Waals surface area (Å²) in [5, 5.41) is 3.17. The Morgan fingerprint density at radius 3 is 2.24 bits per heavy atom. The second-order valence-electron chi connectivity index (χ2n) is 5.69. The molecule has 0 radical (unpaired) electrons. The van der Waals surface area contributed by atoms with Crippen molar-refractivity contribution in [3.8, 4) is 0 Å². The van der Waals surface area contributed by atoms with E-state index >= 15 is 0 Å². The van der Waals surface area contributed by atoms with Crippen LogP contribution in [0.3, 0.4) is 0 Å². The molecule has 0 saturated carbocycles. The molecule has 1 atom stereocenters. The van der Waals surface area contributed by atoms with Gasteiger partial charge in [0, 0.05) is 25.4 Å². The zero-order chi connectivity index (χ0) is 13.1. The van der Waals surface area contributed by atoms with Crippen molar-refractivity contribution in [1.82, 2.24) is 10.2 Å². The summed E-state index contributed by atoms with van der Waals surface area (Å²) in [4.78, 5) is 25.3. The van der Waals surface area contributed by atoms with Gasteiger partial charge >= 0.3 is 0 Å². The van der Waals surface area contributed by atoms with Crippen molar-refractivity contribution in [3.05, 3.63) is 0 Å². The third-order valence-corrected chi connectivity index (χ3v) is 3.31. The zero-order valence-electron chi connectivity index (χ0n) is 11.4. The molecule has 0 aliphatic carbocycles. The van der Waals surface area contributed by atoms with Gasteiger partial charge in [0.25, 0.3) is 0 Å². The van der Waals surface area contributed by atoms with Crippen molar-refractivity contribution in [2.75, 3.05) is 13.6 Å². The van der Waals surface area contributed by atoms with Crippen LogP contribution in [-0.2, 0) is 9.59 Å². The average molecular weight is 240 g/mol. The summed E-state index contributed by atoms with van der Waals surface area (Å²) in [6.07, 6.45) is 2.98.